The summed E-state index contributed by atoms with van der Waals surface area (Å²) in [5.41, 5.74) is 10.2. The van der Waals surface area contributed by atoms with E-state index in [4.69, 9.17) is 31.5 Å². The number of amides is 3. The van der Waals surface area contributed by atoms with E-state index in [0.29, 0.717) is 25.8 Å². The Labute approximate surface area is 214 Å². The van der Waals surface area contributed by atoms with Gasteiger partial charge in [0, 0.05) is 26.2 Å². The second kappa shape index (κ2) is 15.9. The van der Waals surface area contributed by atoms with Crippen molar-refractivity contribution in [3.8, 4) is 0 Å². The Balaban J connectivity index is 0.000000721. The molecule has 0 aromatic heterocycles. The molecular formula is C18H32F5N5O9S. The van der Waals surface area contributed by atoms with Gasteiger partial charge in [0.05, 0.1) is 13.2 Å². The van der Waals surface area contributed by atoms with Crippen LogP contribution in [-0.2, 0) is 24.3 Å². The Kier molecular flexibility index (Phi) is 14.9. The Bertz CT molecular complexity index is 871. The van der Waals surface area contributed by atoms with Gasteiger partial charge in [-0.1, -0.05) is 0 Å². The van der Waals surface area contributed by atoms with Gasteiger partial charge in [0.1, 0.15) is 18.8 Å². The number of aliphatic hydroxyl groups excluding tert-OH is 2. The van der Waals surface area contributed by atoms with Crippen molar-refractivity contribution in [1.82, 2.24) is 14.5 Å². The molecule has 8 N–H and O–H groups in total. The quantitative estimate of drug-likeness (QED) is 0.105. The molecule has 0 aromatic rings. The van der Waals surface area contributed by atoms with Crippen molar-refractivity contribution < 1.29 is 64.8 Å². The lowest BCUT2D eigenvalue weighted by molar-refractivity contribution is -0.242. The molecule has 0 aliphatic carbocycles. The zero-order chi connectivity index (χ0) is 29.7. The normalized spacial score (nSPS) is 16.7. The molecule has 1 rings (SSSR count). The first-order valence-corrected chi connectivity index (χ1v) is 12.4. The average Bonchev–Trinajstić information content (AvgIpc) is 2.82. The SMILES string of the molecule is NC(=O)N1CCN(S(=O)(=O)C(F)(F)C(F)(F)F)CC1.NCCCC[C@H](NC(=O)COCC(O)CO)C(=O)O. The first-order chi connectivity index (χ1) is 17.4. The summed E-state index contributed by atoms with van der Waals surface area (Å²) < 4.78 is 89.2. The van der Waals surface area contributed by atoms with Crippen LogP contribution in [0.3, 0.4) is 0 Å². The molecule has 3 amide bonds. The predicted molar refractivity (Wildman–Crippen MR) is 119 cm³/mol. The summed E-state index contributed by atoms with van der Waals surface area (Å²) in [6.45, 7) is -2.56. The number of carbonyl (C=O) groups excluding carboxylic acids is 2. The van der Waals surface area contributed by atoms with Crippen LogP contribution in [0.4, 0.5) is 26.7 Å². The number of nitrogens with two attached hydrogens (primary N) is 2. The van der Waals surface area contributed by atoms with Gasteiger partial charge >= 0.3 is 23.4 Å². The minimum Gasteiger partial charge on any atom is -0.480 e. The van der Waals surface area contributed by atoms with Gasteiger partial charge in [-0.3, -0.25) is 4.79 Å². The summed E-state index contributed by atoms with van der Waals surface area (Å²) in [6.07, 6.45) is -5.64. The monoisotopic (exact) mass is 589 g/mol. The molecule has 14 nitrogen and oxygen atoms in total. The largest absolute Gasteiger partial charge is 0.480 e. The molecule has 1 fully saturated rings. The number of carboxylic acids is 1. The van der Waals surface area contributed by atoms with Gasteiger partial charge in [0.25, 0.3) is 10.0 Å². The van der Waals surface area contributed by atoms with E-state index in [1.165, 1.54) is 0 Å². The van der Waals surface area contributed by atoms with Crippen LogP contribution in [0, 0.1) is 0 Å². The number of aliphatic hydroxyl groups is 2. The molecule has 1 aliphatic heterocycles. The maximum Gasteiger partial charge on any atom is 0.470 e. The highest BCUT2D eigenvalue weighted by Crippen LogP contribution is 2.41. The molecule has 1 unspecified atom stereocenters. The van der Waals surface area contributed by atoms with Gasteiger partial charge in [-0.2, -0.15) is 26.3 Å². The van der Waals surface area contributed by atoms with Crippen molar-refractivity contribution in [1.29, 1.82) is 0 Å². The van der Waals surface area contributed by atoms with Crippen LogP contribution in [-0.4, -0.2) is 127 Å². The zero-order valence-corrected chi connectivity index (χ0v) is 20.9. The molecular weight excluding hydrogens is 557 g/mol. The van der Waals surface area contributed by atoms with Gasteiger partial charge < -0.3 is 41.7 Å². The standard InChI is InChI=1S/C11H22N2O6.C7H10F5N3O3S/c12-4-2-1-3-9(11(17)18)13-10(16)7-19-6-8(15)5-14;8-6(9,10)7(11,12)19(17,18)15-3-1-14(2-4-15)5(13)16/h8-9,14-15H,1-7,12H2,(H,13,16)(H,17,18);1-4H2,(H2,13,16)/t8?,9-;/m0./s1. The number of nitrogens with zero attached hydrogens (tertiary/aromatic N) is 2. The number of hydrogen-bond acceptors (Lipinski definition) is 9. The minimum atomic E-state index is -6.20. The van der Waals surface area contributed by atoms with Crippen LogP contribution < -0.4 is 16.8 Å². The Morgan fingerprint density at radius 2 is 1.61 bits per heavy atom. The minimum absolute atomic E-state index is 0.0000694. The first kappa shape index (κ1) is 35.6. The number of carboxylic acid groups (broad SMARTS) is 1. The van der Waals surface area contributed by atoms with Crippen LogP contribution in [0.2, 0.25) is 0 Å². The number of unbranched alkanes of at least 4 members (excludes halogenated alkanes) is 1. The lowest BCUT2D eigenvalue weighted by Crippen LogP contribution is -2.58. The molecule has 0 saturated carbocycles. The van der Waals surface area contributed by atoms with E-state index in [1.807, 2.05) is 0 Å². The van der Waals surface area contributed by atoms with Crippen LogP contribution >= 0.6 is 0 Å². The average molecular weight is 590 g/mol. The molecule has 224 valence electrons. The fourth-order valence-corrected chi connectivity index (χ4v) is 4.04. The molecule has 1 heterocycles. The third-order valence-electron chi connectivity index (χ3n) is 4.88. The number of hydrogen-bond donors (Lipinski definition) is 6. The number of primary amides is 1. The van der Waals surface area contributed by atoms with E-state index >= 15 is 0 Å². The van der Waals surface area contributed by atoms with Crippen molar-refractivity contribution >= 4 is 27.9 Å². The van der Waals surface area contributed by atoms with Crippen molar-refractivity contribution in [2.24, 2.45) is 11.5 Å². The molecule has 38 heavy (non-hydrogen) atoms. The number of nitrogens with one attached hydrogen (secondary N) is 1. The van der Waals surface area contributed by atoms with Crippen molar-refractivity contribution in [2.45, 2.75) is 42.8 Å². The number of rotatable bonds is 13. The van der Waals surface area contributed by atoms with Gasteiger partial charge in [-0.05, 0) is 25.8 Å². The fourth-order valence-electron chi connectivity index (χ4n) is 2.78. The third kappa shape index (κ3) is 11.2. The molecule has 0 spiro atoms. The molecule has 0 aromatic carbocycles. The van der Waals surface area contributed by atoms with Gasteiger partial charge in [0.2, 0.25) is 5.91 Å². The molecule has 0 radical (unpaired) electrons. The lowest BCUT2D eigenvalue weighted by Gasteiger charge is -2.35. The van der Waals surface area contributed by atoms with Gasteiger partial charge in [-0.15, -0.1) is 0 Å². The summed E-state index contributed by atoms with van der Waals surface area (Å²) in [6, 6.07) is -1.87. The Morgan fingerprint density at radius 1 is 1.05 bits per heavy atom. The maximum absolute atomic E-state index is 12.9. The fraction of sp³-hybridized carbons (Fsp3) is 0.833. The molecule has 1 aliphatic rings. The van der Waals surface area contributed by atoms with Crippen LogP contribution in [0.15, 0.2) is 0 Å². The highest BCUT2D eigenvalue weighted by atomic mass is 32.2. The van der Waals surface area contributed by atoms with E-state index in [2.05, 4.69) is 5.32 Å². The number of urea groups is 1. The number of alkyl halides is 5. The Morgan fingerprint density at radius 3 is 2.03 bits per heavy atom. The summed E-state index contributed by atoms with van der Waals surface area (Å²) in [5, 5.41) is 22.9. The number of sulfonamides is 1. The summed E-state index contributed by atoms with van der Waals surface area (Å²) in [4.78, 5) is 34.0. The Hall–Kier alpha value is -2.39. The van der Waals surface area contributed by atoms with E-state index in [1.54, 1.807) is 0 Å². The maximum atomic E-state index is 12.9. The summed E-state index contributed by atoms with van der Waals surface area (Å²) in [7, 11) is -5.87. The zero-order valence-electron chi connectivity index (χ0n) is 20.1. The number of aliphatic carboxylic acids is 1. The van der Waals surface area contributed by atoms with E-state index in [0.717, 1.165) is 4.90 Å². The third-order valence-corrected chi connectivity index (χ3v) is 6.80. The predicted octanol–water partition coefficient (Wildman–Crippen LogP) is -1.78. The van der Waals surface area contributed by atoms with Crippen LogP contribution in [0.25, 0.3) is 0 Å². The molecule has 20 heteroatoms. The first-order valence-electron chi connectivity index (χ1n) is 11.0. The van der Waals surface area contributed by atoms with Crippen molar-refractivity contribution in [3.63, 3.8) is 0 Å². The smallest absolute Gasteiger partial charge is 0.470 e. The molecule has 1 saturated heterocycles. The number of ether oxygens (including phenoxy) is 1. The molecule has 2 atom stereocenters. The second-order valence-corrected chi connectivity index (χ2v) is 9.82. The van der Waals surface area contributed by atoms with Gasteiger partial charge in [-0.25, -0.2) is 18.0 Å². The highest BCUT2D eigenvalue weighted by molar-refractivity contribution is 7.90. The molecule has 0 bridgehead atoms. The topological polar surface area (TPSA) is 226 Å². The lowest BCUT2D eigenvalue weighted by atomic mass is 10.1. The summed E-state index contributed by atoms with van der Waals surface area (Å²) >= 11 is 0. The van der Waals surface area contributed by atoms with E-state index < -0.39 is 71.2 Å². The van der Waals surface area contributed by atoms with Gasteiger partial charge in [0.15, 0.2) is 0 Å². The van der Waals surface area contributed by atoms with E-state index in [-0.39, 0.29) is 30.6 Å². The summed E-state index contributed by atoms with van der Waals surface area (Å²) in [5.74, 6) is -1.69. The number of carbonyl (C=O) groups is 3. The van der Waals surface area contributed by atoms with Crippen LogP contribution in [0.5, 0.6) is 0 Å². The van der Waals surface area contributed by atoms with E-state index in [9.17, 15) is 44.8 Å². The second-order valence-electron chi connectivity index (χ2n) is 7.84. The number of piperazine rings is 1. The number of halogens is 5. The van der Waals surface area contributed by atoms with Crippen LogP contribution in [0.1, 0.15) is 19.3 Å². The van der Waals surface area contributed by atoms with Crippen molar-refractivity contribution in [2.75, 3.05) is 52.5 Å². The van der Waals surface area contributed by atoms with Crippen molar-refractivity contribution in [3.05, 3.63) is 0 Å². The highest BCUT2D eigenvalue weighted by Gasteiger charge is 2.69.